The zero-order chi connectivity index (χ0) is 35.8. The molecule has 0 aliphatic rings. The summed E-state index contributed by atoms with van der Waals surface area (Å²) in [6, 6.07) is 39.9. The van der Waals surface area contributed by atoms with Crippen LogP contribution in [0.4, 0.5) is 0 Å². The van der Waals surface area contributed by atoms with Crippen LogP contribution in [0.3, 0.4) is 0 Å². The van der Waals surface area contributed by atoms with Crippen molar-refractivity contribution in [3.8, 4) is 0 Å². The largest absolute Gasteiger partial charge is 0.386 e. The molecule has 3 N–H and O–H groups in total. The molecule has 0 amide bonds. The second-order valence-corrected chi connectivity index (χ2v) is 10.9. The maximum atomic E-state index is 10.1. The van der Waals surface area contributed by atoms with E-state index in [0.29, 0.717) is 32.2 Å². The molecule has 51 heavy (non-hydrogen) atoms. The zero-order valence-electron chi connectivity index (χ0n) is 28.5. The summed E-state index contributed by atoms with van der Waals surface area (Å²) in [5.41, 5.74) is 7.05. The number of carbonyl (C=O) groups is 1. The van der Waals surface area contributed by atoms with Crippen LogP contribution in [0.15, 0.2) is 134 Å². The van der Waals surface area contributed by atoms with Gasteiger partial charge in [-0.25, -0.2) is 5.48 Å². The Hall–Kier alpha value is -4.97. The Morgan fingerprint density at radius 1 is 0.647 bits per heavy atom. The topological polar surface area (TPSA) is 156 Å². The molecule has 1 atom stereocenters. The van der Waals surface area contributed by atoms with Gasteiger partial charge in [0.15, 0.2) is 0 Å². The molecule has 0 saturated heterocycles. The SMILES string of the molecule is C.O=CCCc1ccccc1.O=[N+]([O-])/C=C/CCc1ccccc1.O=[N+]([O-])CC(O)CCc1ccccc1.ONCCCCc1ccccc1.[B]. The normalized spacial score (nSPS) is 10.2. The van der Waals surface area contributed by atoms with Crippen LogP contribution >= 0.6 is 0 Å². The minimum absolute atomic E-state index is 0. The first-order chi connectivity index (χ1) is 23.8. The number of aliphatic hydroxyl groups excluding tert-OH is 1. The smallest absolute Gasteiger partial charge is 0.230 e. The highest BCUT2D eigenvalue weighted by Crippen LogP contribution is 2.06. The Morgan fingerprint density at radius 3 is 1.45 bits per heavy atom. The lowest BCUT2D eigenvalue weighted by Gasteiger charge is -2.05. The lowest BCUT2D eigenvalue weighted by atomic mass is 10.1. The van der Waals surface area contributed by atoms with Crippen LogP contribution < -0.4 is 5.48 Å². The van der Waals surface area contributed by atoms with Crippen molar-refractivity contribution in [1.82, 2.24) is 5.48 Å². The first-order valence-corrected chi connectivity index (χ1v) is 16.4. The van der Waals surface area contributed by atoms with Crippen molar-refractivity contribution >= 4 is 14.7 Å². The number of hydrogen-bond acceptors (Lipinski definition) is 8. The number of aldehydes is 1. The standard InChI is InChI=1S/C10H13NO3.C10H11NO2.C10H15NO.C9H10O.CH4.B/c12-10(8-11(13)14)7-6-9-4-2-1-3-5-9;12-11(13)9-5-4-8-10-6-2-1-3-7-10;12-11-9-5-4-8-10-6-2-1-3-7-10;10-8-4-7-9-5-2-1-3-6-9;;/h1-5,10,12H,6-8H2;1-3,5-7,9H,4,8H2;1-3,6-7,11-12H,4-5,8-9H2;1-3,5-6,8H,4,7H2;1H4;/b;9-5+;;;;. The summed E-state index contributed by atoms with van der Waals surface area (Å²) in [6.45, 7) is 0.319. The second kappa shape index (κ2) is 33.5. The Labute approximate surface area is 305 Å². The van der Waals surface area contributed by atoms with Crippen molar-refractivity contribution in [3.63, 3.8) is 0 Å². The Balaban J connectivity index is 0. The lowest BCUT2D eigenvalue weighted by Crippen LogP contribution is -2.19. The number of hydrogen-bond donors (Lipinski definition) is 3. The van der Waals surface area contributed by atoms with Gasteiger partial charge in [0.25, 0.3) is 0 Å². The predicted molar refractivity (Wildman–Crippen MR) is 206 cm³/mol. The van der Waals surface area contributed by atoms with Gasteiger partial charge in [0.05, 0.1) is 4.92 Å². The van der Waals surface area contributed by atoms with Crippen molar-refractivity contribution < 1.29 is 25.0 Å². The molecule has 1 unspecified atom stereocenters. The summed E-state index contributed by atoms with van der Waals surface area (Å²) in [5.74, 6) is 0. The third-order valence-electron chi connectivity index (χ3n) is 6.88. The Kier molecular flexibility index (Phi) is 31.7. The van der Waals surface area contributed by atoms with Gasteiger partial charge in [0, 0.05) is 26.3 Å². The fourth-order valence-electron chi connectivity index (χ4n) is 4.34. The van der Waals surface area contributed by atoms with Crippen molar-refractivity contribution in [2.75, 3.05) is 13.1 Å². The number of unbranched alkanes of at least 4 members (excludes halogenated alkanes) is 1. The molecule has 0 aromatic heterocycles. The molecule has 0 bridgehead atoms. The summed E-state index contributed by atoms with van der Waals surface area (Å²) in [5, 5.41) is 37.5. The molecule has 0 spiro atoms. The molecule has 0 heterocycles. The number of aryl methyl sites for hydroxylation is 4. The van der Waals surface area contributed by atoms with E-state index < -0.39 is 16.0 Å². The minimum atomic E-state index is -0.842. The molecule has 4 aromatic carbocycles. The number of carbonyl (C=O) groups excluding carboxylic acids is 1. The molecule has 4 rings (SSSR count). The molecule has 3 radical (unpaired) electrons. The van der Waals surface area contributed by atoms with Gasteiger partial charge in [-0.1, -0.05) is 129 Å². The fraction of sp³-hybridized carbons (Fsp3) is 0.325. The van der Waals surface area contributed by atoms with Gasteiger partial charge in [-0.15, -0.1) is 0 Å². The summed E-state index contributed by atoms with van der Waals surface area (Å²) in [7, 11) is 0. The van der Waals surface area contributed by atoms with Crippen LogP contribution in [0.2, 0.25) is 0 Å². The van der Waals surface area contributed by atoms with Crippen LogP contribution in [0.25, 0.3) is 0 Å². The molecule has 0 fully saturated rings. The molecular weight excluding hydrogens is 645 g/mol. The molecule has 11 heteroatoms. The van der Waals surface area contributed by atoms with Gasteiger partial charge in [0.2, 0.25) is 12.7 Å². The van der Waals surface area contributed by atoms with Crippen LogP contribution in [0.5, 0.6) is 0 Å². The van der Waals surface area contributed by atoms with Crippen molar-refractivity contribution in [3.05, 3.63) is 176 Å². The van der Waals surface area contributed by atoms with E-state index in [1.165, 1.54) is 16.7 Å². The van der Waals surface area contributed by atoms with E-state index in [0.717, 1.165) is 50.2 Å². The van der Waals surface area contributed by atoms with Gasteiger partial charge in [-0.2, -0.15) is 0 Å². The zero-order valence-corrected chi connectivity index (χ0v) is 28.5. The molecule has 273 valence electrons. The van der Waals surface area contributed by atoms with E-state index in [2.05, 4.69) is 29.7 Å². The first-order valence-electron chi connectivity index (χ1n) is 16.4. The molecule has 0 aliphatic heterocycles. The van der Waals surface area contributed by atoms with Crippen LogP contribution in [0.1, 0.15) is 61.8 Å². The van der Waals surface area contributed by atoms with Gasteiger partial charge in [0.1, 0.15) is 12.4 Å². The number of nitrogens with one attached hydrogen (secondary N) is 1. The van der Waals surface area contributed by atoms with Crippen molar-refractivity contribution in [1.29, 1.82) is 0 Å². The highest BCUT2D eigenvalue weighted by Gasteiger charge is 2.10. The Bertz CT molecular complexity index is 1420. The lowest BCUT2D eigenvalue weighted by molar-refractivity contribution is -0.490. The summed E-state index contributed by atoms with van der Waals surface area (Å²) < 4.78 is 0. The average molecular weight is 699 g/mol. The maximum Gasteiger partial charge on any atom is 0.230 e. The summed E-state index contributed by atoms with van der Waals surface area (Å²) >= 11 is 0. The maximum absolute atomic E-state index is 10.1. The fourth-order valence-corrected chi connectivity index (χ4v) is 4.34. The number of benzene rings is 4. The van der Waals surface area contributed by atoms with E-state index in [4.69, 9.17) is 5.21 Å². The number of aliphatic hydroxyl groups is 1. The van der Waals surface area contributed by atoms with Crippen LogP contribution in [-0.2, 0) is 30.5 Å². The molecular formula is C40H53BN3O7. The third kappa shape index (κ3) is 29.7. The van der Waals surface area contributed by atoms with Crippen LogP contribution in [-0.4, -0.2) is 54.1 Å². The summed E-state index contributed by atoms with van der Waals surface area (Å²) in [6.07, 6.45) is 10.1. The van der Waals surface area contributed by atoms with Crippen LogP contribution in [0, 0.1) is 20.2 Å². The average Bonchev–Trinajstić information content (AvgIpc) is 3.12. The number of nitrogens with zero attached hydrogens (tertiary/aromatic N) is 2. The quantitative estimate of drug-likeness (QED) is 0.0333. The highest BCUT2D eigenvalue weighted by atomic mass is 16.6. The summed E-state index contributed by atoms with van der Waals surface area (Å²) in [4.78, 5) is 29.0. The number of hydroxylamine groups is 1. The predicted octanol–water partition coefficient (Wildman–Crippen LogP) is 7.73. The molecule has 10 nitrogen and oxygen atoms in total. The molecule has 4 aromatic rings. The third-order valence-corrected chi connectivity index (χ3v) is 6.88. The van der Waals surface area contributed by atoms with Gasteiger partial charge >= 0.3 is 0 Å². The Morgan fingerprint density at radius 2 is 1.06 bits per heavy atom. The minimum Gasteiger partial charge on any atom is -0.386 e. The van der Waals surface area contributed by atoms with E-state index in [1.54, 1.807) is 6.08 Å². The number of nitro groups is 2. The van der Waals surface area contributed by atoms with E-state index in [-0.39, 0.29) is 22.4 Å². The first kappa shape index (κ1) is 48.1. The van der Waals surface area contributed by atoms with E-state index in [1.807, 2.05) is 97.1 Å². The molecule has 0 aliphatic carbocycles. The number of rotatable bonds is 17. The highest BCUT2D eigenvalue weighted by molar-refractivity contribution is 5.75. The van der Waals surface area contributed by atoms with Crippen molar-refractivity contribution in [2.45, 2.75) is 71.3 Å². The monoisotopic (exact) mass is 698 g/mol. The number of allylic oxidation sites excluding steroid dienone is 1. The van der Waals surface area contributed by atoms with E-state index in [9.17, 15) is 30.1 Å². The second-order valence-electron chi connectivity index (χ2n) is 10.9. The van der Waals surface area contributed by atoms with Gasteiger partial charge < -0.3 is 15.1 Å². The molecule has 0 saturated carbocycles. The van der Waals surface area contributed by atoms with E-state index >= 15 is 0 Å². The van der Waals surface area contributed by atoms with Gasteiger partial charge in [-0.3, -0.25) is 20.2 Å². The van der Waals surface area contributed by atoms with Gasteiger partial charge in [-0.05, 0) is 79.7 Å². The van der Waals surface area contributed by atoms with Crippen molar-refractivity contribution in [2.24, 2.45) is 0 Å².